The van der Waals surface area contributed by atoms with E-state index in [1.165, 1.54) is 30.5 Å². The number of phenolic OH excluding ortho intramolecular Hbond substituents is 1. The van der Waals surface area contributed by atoms with Gasteiger partial charge in [0.25, 0.3) is 5.92 Å². The summed E-state index contributed by atoms with van der Waals surface area (Å²) in [7, 11) is 0. The van der Waals surface area contributed by atoms with Crippen LogP contribution in [-0.4, -0.2) is 75.4 Å². The van der Waals surface area contributed by atoms with Gasteiger partial charge < -0.3 is 14.7 Å². The van der Waals surface area contributed by atoms with Crippen LogP contribution in [0.3, 0.4) is 0 Å². The number of rotatable bonds is 5. The van der Waals surface area contributed by atoms with Crippen molar-refractivity contribution in [3.8, 4) is 35.4 Å². The minimum absolute atomic E-state index is 0.0155. The van der Waals surface area contributed by atoms with Crippen LogP contribution in [-0.2, 0) is 0 Å². The molecule has 238 valence electrons. The predicted molar refractivity (Wildman–Crippen MR) is 162 cm³/mol. The summed E-state index contributed by atoms with van der Waals surface area (Å²) in [5.41, 5.74) is -1.01. The van der Waals surface area contributed by atoms with Crippen molar-refractivity contribution in [1.82, 2.24) is 19.9 Å². The van der Waals surface area contributed by atoms with Gasteiger partial charge in [-0.15, -0.1) is 6.42 Å². The maximum absolute atomic E-state index is 16.7. The van der Waals surface area contributed by atoms with Crippen LogP contribution < -0.4 is 9.64 Å². The molecule has 7 nitrogen and oxygen atoms in total. The van der Waals surface area contributed by atoms with Crippen LogP contribution in [0.5, 0.6) is 11.8 Å². The SMILES string of the molecule is C#Cc1c(F)ccc2cc(O)cc(-c3ncc4c(N5C[C@H]6CC[C@@H](C5)C6(F)F)nc(OC[C@@]56CCCN5C[C@H](F)C6)nc4c3F)c12. The highest BCUT2D eigenvalue weighted by atomic mass is 19.3. The Morgan fingerprint density at radius 2 is 1.87 bits per heavy atom. The number of ether oxygens (including phenoxy) is 1. The molecule has 12 heteroatoms. The largest absolute Gasteiger partial charge is 0.508 e. The molecule has 2 bridgehead atoms. The average Bonchev–Trinajstić information content (AvgIpc) is 3.56. The Labute approximate surface area is 261 Å². The molecule has 4 aliphatic rings. The van der Waals surface area contributed by atoms with Crippen molar-refractivity contribution in [2.75, 3.05) is 37.7 Å². The van der Waals surface area contributed by atoms with Gasteiger partial charge in [-0.1, -0.05) is 12.0 Å². The molecule has 4 fully saturated rings. The summed E-state index contributed by atoms with van der Waals surface area (Å²) in [6.07, 6.45) is 8.70. The number of fused-ring (bicyclic) bond motifs is 5. The Hall–Kier alpha value is -4.24. The van der Waals surface area contributed by atoms with Gasteiger partial charge in [0, 0.05) is 55.0 Å². The Bertz CT molecular complexity index is 1930. The molecule has 1 N–H and O–H groups in total. The number of halogens is 5. The van der Waals surface area contributed by atoms with Crippen molar-refractivity contribution in [3.63, 3.8) is 0 Å². The smallest absolute Gasteiger partial charge is 0.319 e. The molecule has 2 aromatic carbocycles. The topological polar surface area (TPSA) is 74.6 Å². The summed E-state index contributed by atoms with van der Waals surface area (Å²) < 4.78 is 81.9. The summed E-state index contributed by atoms with van der Waals surface area (Å²) in [4.78, 5) is 17.2. The Balaban J connectivity index is 1.28. The van der Waals surface area contributed by atoms with Crippen LogP contribution in [0.2, 0.25) is 0 Å². The number of phenols is 1. The molecule has 2 aromatic heterocycles. The van der Waals surface area contributed by atoms with Crippen molar-refractivity contribution in [3.05, 3.63) is 47.7 Å². The monoisotopic (exact) mass is 635 g/mol. The van der Waals surface area contributed by atoms with Gasteiger partial charge in [-0.25, -0.2) is 22.0 Å². The van der Waals surface area contributed by atoms with Crippen molar-refractivity contribution in [1.29, 1.82) is 0 Å². The van der Waals surface area contributed by atoms with Gasteiger partial charge in [-0.05, 0) is 55.8 Å². The summed E-state index contributed by atoms with van der Waals surface area (Å²) in [6, 6.07) is 5.08. The maximum Gasteiger partial charge on any atom is 0.319 e. The molecule has 5 heterocycles. The van der Waals surface area contributed by atoms with Gasteiger partial charge in [0.05, 0.1) is 16.5 Å². The molecule has 4 atom stereocenters. The summed E-state index contributed by atoms with van der Waals surface area (Å²) in [5.74, 6) is -3.82. The first kappa shape index (κ1) is 29.2. The molecular weight excluding hydrogens is 605 g/mol. The molecule has 46 heavy (non-hydrogen) atoms. The highest BCUT2D eigenvalue weighted by molar-refractivity contribution is 6.03. The maximum atomic E-state index is 16.7. The van der Waals surface area contributed by atoms with Crippen molar-refractivity contribution < 1.29 is 31.8 Å². The Morgan fingerprint density at radius 1 is 1.09 bits per heavy atom. The highest BCUT2D eigenvalue weighted by Gasteiger charge is 2.56. The molecule has 1 aliphatic carbocycles. The number of aromatic hydroxyl groups is 1. The lowest BCUT2D eigenvalue weighted by Gasteiger charge is -2.38. The van der Waals surface area contributed by atoms with E-state index in [-0.39, 0.29) is 70.4 Å². The number of alkyl halides is 3. The van der Waals surface area contributed by atoms with Gasteiger partial charge in [0.2, 0.25) is 0 Å². The summed E-state index contributed by atoms with van der Waals surface area (Å²) >= 11 is 0. The van der Waals surface area contributed by atoms with Crippen molar-refractivity contribution in [2.45, 2.75) is 49.7 Å². The van der Waals surface area contributed by atoms with Crippen LogP contribution in [0.15, 0.2) is 30.5 Å². The third-order valence-corrected chi connectivity index (χ3v) is 10.5. The van der Waals surface area contributed by atoms with Crippen molar-refractivity contribution in [2.24, 2.45) is 11.8 Å². The van der Waals surface area contributed by atoms with E-state index in [1.807, 2.05) is 0 Å². The standard InChI is InChI=1S/C34H30F5N5O2/c1-2-23-26(36)7-4-18-10-22(45)11-24(27(18)23)29-28(37)30-25(13-40-29)31(43-14-19-5-6-20(15-43)34(19,38)39)42-32(41-30)46-17-33-8-3-9-44(33)16-21(35)12-33/h1,4,7,10-11,13,19-21,45H,3,5-6,8-9,12,14-17H2/t19-,20+,21-,33+/m1/s1. The number of terminal acetylenes is 1. The molecule has 0 unspecified atom stereocenters. The van der Waals surface area contributed by atoms with E-state index in [1.54, 1.807) is 4.90 Å². The fourth-order valence-corrected chi connectivity index (χ4v) is 8.24. The van der Waals surface area contributed by atoms with E-state index in [0.29, 0.717) is 31.2 Å². The van der Waals surface area contributed by atoms with Crippen LogP contribution in [0.25, 0.3) is 32.9 Å². The number of anilines is 1. The van der Waals surface area contributed by atoms with E-state index in [2.05, 4.69) is 25.8 Å². The second kappa shape index (κ2) is 10.4. The summed E-state index contributed by atoms with van der Waals surface area (Å²) in [6.45, 7) is 1.19. The summed E-state index contributed by atoms with van der Waals surface area (Å²) in [5, 5.41) is 11.3. The zero-order valence-electron chi connectivity index (χ0n) is 24.7. The van der Waals surface area contributed by atoms with Gasteiger partial charge in [0.15, 0.2) is 5.82 Å². The first-order valence-corrected chi connectivity index (χ1v) is 15.5. The molecule has 3 saturated heterocycles. The van der Waals surface area contributed by atoms with E-state index in [0.717, 1.165) is 19.4 Å². The number of benzene rings is 2. The number of piperidine rings is 1. The average molecular weight is 636 g/mol. The van der Waals surface area contributed by atoms with Crippen LogP contribution in [0, 0.1) is 35.8 Å². The molecule has 0 amide bonds. The zero-order chi connectivity index (χ0) is 32.0. The number of pyridine rings is 1. The number of nitrogens with zero attached hydrogens (tertiary/aromatic N) is 5. The van der Waals surface area contributed by atoms with E-state index < -0.39 is 41.1 Å². The van der Waals surface area contributed by atoms with E-state index >= 15 is 4.39 Å². The molecule has 3 aliphatic heterocycles. The lowest BCUT2D eigenvalue weighted by molar-refractivity contribution is -0.0830. The third kappa shape index (κ3) is 4.38. The second-order valence-corrected chi connectivity index (χ2v) is 13.1. The molecule has 1 saturated carbocycles. The number of hydrogen-bond acceptors (Lipinski definition) is 7. The minimum Gasteiger partial charge on any atom is -0.508 e. The fourth-order valence-electron chi connectivity index (χ4n) is 8.24. The first-order chi connectivity index (χ1) is 22.1. The molecular formula is C34H30F5N5O2. The lowest BCUT2D eigenvalue weighted by Crippen LogP contribution is -2.49. The molecule has 4 aromatic rings. The minimum atomic E-state index is -2.80. The third-order valence-electron chi connectivity index (χ3n) is 10.5. The normalized spacial score (nSPS) is 27.0. The van der Waals surface area contributed by atoms with Gasteiger partial charge >= 0.3 is 6.01 Å². The van der Waals surface area contributed by atoms with Gasteiger partial charge in [-0.3, -0.25) is 9.88 Å². The second-order valence-electron chi connectivity index (χ2n) is 13.1. The van der Waals surface area contributed by atoms with Crippen LogP contribution >= 0.6 is 0 Å². The van der Waals surface area contributed by atoms with Gasteiger partial charge in [0.1, 0.15) is 41.4 Å². The number of aromatic nitrogens is 3. The Kier molecular flexibility index (Phi) is 6.59. The van der Waals surface area contributed by atoms with E-state index in [9.17, 15) is 22.7 Å². The van der Waals surface area contributed by atoms with E-state index in [4.69, 9.17) is 11.2 Å². The quantitative estimate of drug-likeness (QED) is 0.205. The predicted octanol–water partition coefficient (Wildman–Crippen LogP) is 6.25. The van der Waals surface area contributed by atoms with Crippen LogP contribution in [0.1, 0.15) is 37.7 Å². The first-order valence-electron chi connectivity index (χ1n) is 15.5. The zero-order valence-corrected chi connectivity index (χ0v) is 24.7. The molecule has 8 rings (SSSR count). The molecule has 0 spiro atoms. The van der Waals surface area contributed by atoms with Gasteiger partial charge in [-0.2, -0.15) is 9.97 Å². The number of hydrogen-bond donors (Lipinski definition) is 1. The lowest BCUT2D eigenvalue weighted by atomic mass is 9.93. The fraction of sp³-hybridized carbons (Fsp3) is 0.441. The van der Waals surface area contributed by atoms with Crippen LogP contribution in [0.4, 0.5) is 27.8 Å². The Morgan fingerprint density at radius 3 is 2.63 bits per heavy atom. The van der Waals surface area contributed by atoms with Crippen molar-refractivity contribution >= 4 is 27.5 Å². The highest BCUT2D eigenvalue weighted by Crippen LogP contribution is 2.50. The molecule has 0 radical (unpaired) electrons.